The van der Waals surface area contributed by atoms with Gasteiger partial charge in [0.15, 0.2) is 9.84 Å². The summed E-state index contributed by atoms with van der Waals surface area (Å²) in [6, 6.07) is 8.05. The van der Waals surface area contributed by atoms with Gasteiger partial charge in [-0.15, -0.1) is 0 Å². The van der Waals surface area contributed by atoms with Gasteiger partial charge in [-0.3, -0.25) is 4.79 Å². The highest BCUT2D eigenvalue weighted by atomic mass is 32.2. The van der Waals surface area contributed by atoms with Gasteiger partial charge in [0, 0.05) is 17.9 Å². The Morgan fingerprint density at radius 3 is 2.33 bits per heavy atom. The Kier molecular flexibility index (Phi) is 4.63. The van der Waals surface area contributed by atoms with E-state index in [1.165, 1.54) is 24.3 Å². The van der Waals surface area contributed by atoms with Gasteiger partial charge in [0.05, 0.1) is 11.0 Å². The van der Waals surface area contributed by atoms with Crippen LogP contribution in [0, 0.1) is 11.3 Å². The van der Waals surface area contributed by atoms with Crippen LogP contribution in [0.4, 0.5) is 0 Å². The Bertz CT molecular complexity index is 653. The Labute approximate surface area is 125 Å². The average molecular weight is 306 g/mol. The van der Waals surface area contributed by atoms with Crippen molar-refractivity contribution in [2.45, 2.75) is 36.6 Å². The maximum atomic E-state index is 12.5. The van der Waals surface area contributed by atoms with E-state index in [0.29, 0.717) is 5.56 Å². The fraction of sp³-hybridized carbons (Fsp3) is 0.467. The molecule has 1 aromatic carbocycles. The van der Waals surface area contributed by atoms with Crippen molar-refractivity contribution in [3.8, 4) is 6.07 Å². The molecule has 0 saturated heterocycles. The molecule has 0 N–H and O–H groups in total. The van der Waals surface area contributed by atoms with Gasteiger partial charge in [-0.25, -0.2) is 8.42 Å². The first-order valence-electron chi connectivity index (χ1n) is 6.91. The lowest BCUT2D eigenvalue weighted by molar-refractivity contribution is 0.0709. The normalized spacial score (nSPS) is 15.6. The third-order valence-electron chi connectivity index (χ3n) is 3.80. The standard InChI is InChI=1S/C15H18N2O3S/c1-21(19,20)14-8-6-12(7-9-14)15(18)17(11-10-16)13-4-2-3-5-13/h6-9,13H,2-5,11H2,1H3. The zero-order chi connectivity index (χ0) is 15.5. The topological polar surface area (TPSA) is 78.2 Å². The first-order chi connectivity index (χ1) is 9.93. The summed E-state index contributed by atoms with van der Waals surface area (Å²) in [7, 11) is -3.27. The van der Waals surface area contributed by atoms with Gasteiger partial charge in [0.2, 0.25) is 0 Å². The van der Waals surface area contributed by atoms with E-state index in [4.69, 9.17) is 5.26 Å². The van der Waals surface area contributed by atoms with Crippen molar-refractivity contribution < 1.29 is 13.2 Å². The third-order valence-corrected chi connectivity index (χ3v) is 4.93. The molecule has 0 heterocycles. The summed E-state index contributed by atoms with van der Waals surface area (Å²) in [5, 5.41) is 8.92. The monoisotopic (exact) mass is 306 g/mol. The molecule has 0 unspecified atom stereocenters. The summed E-state index contributed by atoms with van der Waals surface area (Å²) in [5.74, 6) is -0.205. The molecular weight excluding hydrogens is 288 g/mol. The van der Waals surface area contributed by atoms with Crippen LogP contribution in [0.1, 0.15) is 36.0 Å². The van der Waals surface area contributed by atoms with Gasteiger partial charge in [-0.2, -0.15) is 5.26 Å². The van der Waals surface area contributed by atoms with Crippen molar-refractivity contribution in [2.24, 2.45) is 0 Å². The number of carbonyl (C=O) groups is 1. The van der Waals surface area contributed by atoms with Crippen LogP contribution in [-0.2, 0) is 9.84 Å². The number of nitrogens with zero attached hydrogens (tertiary/aromatic N) is 2. The predicted molar refractivity (Wildman–Crippen MR) is 78.5 cm³/mol. The lowest BCUT2D eigenvalue weighted by Gasteiger charge is -2.26. The maximum absolute atomic E-state index is 12.5. The molecule has 0 radical (unpaired) electrons. The minimum atomic E-state index is -3.27. The molecule has 0 aliphatic heterocycles. The molecule has 1 aliphatic carbocycles. The summed E-state index contributed by atoms with van der Waals surface area (Å²) >= 11 is 0. The smallest absolute Gasteiger partial charge is 0.254 e. The van der Waals surface area contributed by atoms with Crippen LogP contribution in [0.5, 0.6) is 0 Å². The van der Waals surface area contributed by atoms with E-state index in [1.54, 1.807) is 4.90 Å². The molecule has 0 aromatic heterocycles. The van der Waals surface area contributed by atoms with Crippen molar-refractivity contribution in [1.29, 1.82) is 5.26 Å². The van der Waals surface area contributed by atoms with Crippen molar-refractivity contribution in [1.82, 2.24) is 4.90 Å². The highest BCUT2D eigenvalue weighted by Crippen LogP contribution is 2.25. The average Bonchev–Trinajstić information content (AvgIpc) is 2.97. The molecule has 1 saturated carbocycles. The number of carbonyl (C=O) groups excluding carboxylic acids is 1. The number of sulfone groups is 1. The Morgan fingerprint density at radius 2 is 1.86 bits per heavy atom. The van der Waals surface area contributed by atoms with E-state index in [-0.39, 0.29) is 23.4 Å². The predicted octanol–water partition coefficient (Wildman–Crippen LogP) is 2.00. The van der Waals surface area contributed by atoms with Gasteiger partial charge < -0.3 is 4.90 Å². The SMILES string of the molecule is CS(=O)(=O)c1ccc(C(=O)N(CC#N)C2CCCC2)cc1. The van der Waals surface area contributed by atoms with Gasteiger partial charge >= 0.3 is 0 Å². The van der Waals surface area contributed by atoms with Gasteiger partial charge in [-0.1, -0.05) is 12.8 Å². The van der Waals surface area contributed by atoms with E-state index < -0.39 is 9.84 Å². The first kappa shape index (κ1) is 15.5. The highest BCUT2D eigenvalue weighted by Gasteiger charge is 2.27. The molecule has 112 valence electrons. The maximum Gasteiger partial charge on any atom is 0.254 e. The zero-order valence-electron chi connectivity index (χ0n) is 11.9. The number of nitriles is 1. The third kappa shape index (κ3) is 3.61. The van der Waals surface area contributed by atoms with Crippen LogP contribution in [-0.4, -0.2) is 38.1 Å². The van der Waals surface area contributed by atoms with E-state index in [9.17, 15) is 13.2 Å². The number of rotatable bonds is 4. The molecule has 0 atom stereocenters. The van der Waals surface area contributed by atoms with E-state index in [1.807, 2.05) is 6.07 Å². The van der Waals surface area contributed by atoms with E-state index in [0.717, 1.165) is 31.9 Å². The quantitative estimate of drug-likeness (QED) is 0.797. The number of hydrogen-bond donors (Lipinski definition) is 0. The fourth-order valence-corrected chi connectivity index (χ4v) is 3.30. The van der Waals surface area contributed by atoms with Crippen molar-refractivity contribution in [3.63, 3.8) is 0 Å². The Hall–Kier alpha value is -1.87. The van der Waals surface area contributed by atoms with Crippen LogP contribution in [0.3, 0.4) is 0 Å². The van der Waals surface area contributed by atoms with Crippen molar-refractivity contribution in [2.75, 3.05) is 12.8 Å². The summed E-state index contributed by atoms with van der Waals surface area (Å²) in [6.45, 7) is 0.0668. The molecule has 0 spiro atoms. The fourth-order valence-electron chi connectivity index (χ4n) is 2.67. The molecule has 6 heteroatoms. The lowest BCUT2D eigenvalue weighted by Crippen LogP contribution is -2.39. The Morgan fingerprint density at radius 1 is 1.29 bits per heavy atom. The van der Waals surface area contributed by atoms with Gasteiger partial charge in [-0.05, 0) is 37.1 Å². The van der Waals surface area contributed by atoms with Crippen molar-refractivity contribution in [3.05, 3.63) is 29.8 Å². The molecule has 5 nitrogen and oxygen atoms in total. The number of benzene rings is 1. The van der Waals surface area contributed by atoms with Crippen LogP contribution in [0.15, 0.2) is 29.2 Å². The summed E-state index contributed by atoms with van der Waals surface area (Å²) < 4.78 is 22.8. The number of hydrogen-bond acceptors (Lipinski definition) is 4. The van der Waals surface area contributed by atoms with Gasteiger partial charge in [0.25, 0.3) is 5.91 Å². The lowest BCUT2D eigenvalue weighted by atomic mass is 10.1. The molecular formula is C15H18N2O3S. The second-order valence-corrected chi connectivity index (χ2v) is 7.34. The van der Waals surface area contributed by atoms with Crippen molar-refractivity contribution >= 4 is 15.7 Å². The first-order valence-corrected chi connectivity index (χ1v) is 8.80. The highest BCUT2D eigenvalue weighted by molar-refractivity contribution is 7.90. The summed E-state index contributed by atoms with van der Waals surface area (Å²) in [5.41, 5.74) is 0.421. The second-order valence-electron chi connectivity index (χ2n) is 5.33. The van der Waals surface area contributed by atoms with Crippen LogP contribution in [0.25, 0.3) is 0 Å². The van der Waals surface area contributed by atoms with Crippen LogP contribution < -0.4 is 0 Å². The van der Waals surface area contributed by atoms with E-state index in [2.05, 4.69) is 0 Å². The molecule has 21 heavy (non-hydrogen) atoms. The number of amides is 1. The molecule has 1 amide bonds. The summed E-state index contributed by atoms with van der Waals surface area (Å²) in [6.07, 6.45) is 5.13. The Balaban J connectivity index is 2.22. The molecule has 1 aromatic rings. The zero-order valence-corrected chi connectivity index (χ0v) is 12.8. The largest absolute Gasteiger partial charge is 0.322 e. The van der Waals surface area contributed by atoms with Crippen LogP contribution in [0.2, 0.25) is 0 Å². The summed E-state index contributed by atoms with van der Waals surface area (Å²) in [4.78, 5) is 14.3. The molecule has 2 rings (SSSR count). The minimum Gasteiger partial charge on any atom is -0.322 e. The molecule has 1 fully saturated rings. The molecule has 0 bridgehead atoms. The van der Waals surface area contributed by atoms with Crippen LogP contribution >= 0.6 is 0 Å². The van der Waals surface area contributed by atoms with Gasteiger partial charge in [0.1, 0.15) is 6.54 Å². The molecule has 1 aliphatic rings. The van der Waals surface area contributed by atoms with E-state index >= 15 is 0 Å². The minimum absolute atomic E-state index is 0.0668. The second kappa shape index (κ2) is 6.27.